The molecule has 70 valence electrons. The predicted molar refractivity (Wildman–Crippen MR) is 55.3 cm³/mol. The molecule has 0 radical (unpaired) electrons. The molecule has 2 nitrogen and oxygen atoms in total. The highest BCUT2D eigenvalue weighted by atomic mass is 15.0. The molecule has 0 bridgehead atoms. The molecule has 0 aliphatic rings. The van der Waals surface area contributed by atoms with Gasteiger partial charge in [-0.05, 0) is 14.1 Å². The molecule has 3 heteroatoms. The Kier molecular flexibility index (Phi) is 3.79. The van der Waals surface area contributed by atoms with Crippen LogP contribution in [0.1, 0.15) is 27.7 Å². The molecule has 0 aliphatic carbocycles. The van der Waals surface area contributed by atoms with E-state index < -0.39 is 6.28 Å². The van der Waals surface area contributed by atoms with Crippen molar-refractivity contribution in [3.8, 4) is 5.97 Å². The van der Waals surface area contributed by atoms with Gasteiger partial charge in [0.2, 0.25) is 0 Å². The molecular weight excluding hydrogens is 147 g/mol. The van der Waals surface area contributed by atoms with E-state index in [1.54, 1.807) is 0 Å². The molecule has 0 aromatic carbocycles. The standard InChI is InChI=1S/C9H20BN2/c1-8(2)10(7-11,9(3)4)12(5)6/h8-9H,1-6H3/q-1. The highest BCUT2D eigenvalue weighted by Crippen LogP contribution is 2.32. The first kappa shape index (κ1) is 11.5. The average Bonchev–Trinajstić information content (AvgIpc) is 1.86. The van der Waals surface area contributed by atoms with E-state index >= 15 is 0 Å². The SMILES string of the molecule is CC(C)[B-](C#N)(C(C)C)N(C)C. The smallest absolute Gasteiger partial charge is 0.172 e. The zero-order chi connectivity index (χ0) is 9.94. The third kappa shape index (κ3) is 1.64. The Bertz CT molecular complexity index is 158. The monoisotopic (exact) mass is 167 g/mol. The maximum Gasteiger partial charge on any atom is 0.172 e. The van der Waals surface area contributed by atoms with Crippen molar-refractivity contribution in [1.82, 2.24) is 4.81 Å². The van der Waals surface area contributed by atoms with Crippen LogP contribution in [-0.2, 0) is 0 Å². The zero-order valence-electron chi connectivity index (χ0n) is 9.13. The van der Waals surface area contributed by atoms with Gasteiger partial charge in [-0.2, -0.15) is 0 Å². The van der Waals surface area contributed by atoms with E-state index in [0.717, 1.165) is 0 Å². The maximum atomic E-state index is 9.22. The van der Waals surface area contributed by atoms with Crippen molar-refractivity contribution in [3.05, 3.63) is 0 Å². The Morgan fingerprint density at radius 2 is 1.42 bits per heavy atom. The summed E-state index contributed by atoms with van der Waals surface area (Å²) in [7, 11) is 4.01. The summed E-state index contributed by atoms with van der Waals surface area (Å²) in [6.07, 6.45) is -1.01. The molecule has 0 aromatic rings. The van der Waals surface area contributed by atoms with Gasteiger partial charge in [0.15, 0.2) is 6.28 Å². The molecule has 0 aromatic heterocycles. The Morgan fingerprint density at radius 1 is 1.08 bits per heavy atom. The summed E-state index contributed by atoms with van der Waals surface area (Å²) in [6, 6.07) is 0. The van der Waals surface area contributed by atoms with E-state index in [1.807, 2.05) is 14.1 Å². The van der Waals surface area contributed by atoms with Gasteiger partial charge in [-0.25, -0.2) is 5.26 Å². The number of nitriles is 1. The molecule has 0 unspecified atom stereocenters. The molecule has 0 spiro atoms. The lowest BCUT2D eigenvalue weighted by Gasteiger charge is -2.47. The molecule has 0 saturated heterocycles. The van der Waals surface area contributed by atoms with E-state index in [4.69, 9.17) is 0 Å². The second-order valence-electron chi connectivity index (χ2n) is 4.53. The van der Waals surface area contributed by atoms with Crippen LogP contribution < -0.4 is 0 Å². The van der Waals surface area contributed by atoms with E-state index in [0.29, 0.717) is 11.6 Å². The third-order valence-corrected chi connectivity index (χ3v) is 3.09. The number of rotatable bonds is 3. The van der Waals surface area contributed by atoms with Crippen LogP contribution >= 0.6 is 0 Å². The fraction of sp³-hybridized carbons (Fsp3) is 0.889. The van der Waals surface area contributed by atoms with Gasteiger partial charge >= 0.3 is 0 Å². The minimum atomic E-state index is -1.01. The Balaban J connectivity index is 4.94. The summed E-state index contributed by atoms with van der Waals surface area (Å²) in [4.78, 5) is 2.09. The first-order valence-corrected chi connectivity index (χ1v) is 4.64. The van der Waals surface area contributed by atoms with Crippen molar-refractivity contribution in [3.63, 3.8) is 0 Å². The molecule has 0 N–H and O–H groups in total. The largest absolute Gasteiger partial charge is 0.467 e. The van der Waals surface area contributed by atoms with E-state index in [2.05, 4.69) is 38.5 Å². The van der Waals surface area contributed by atoms with Crippen molar-refractivity contribution < 1.29 is 0 Å². The zero-order valence-corrected chi connectivity index (χ0v) is 9.13. The van der Waals surface area contributed by atoms with Gasteiger partial charge in [0.05, 0.1) is 0 Å². The van der Waals surface area contributed by atoms with Crippen molar-refractivity contribution in [2.45, 2.75) is 39.3 Å². The number of hydrogen-bond donors (Lipinski definition) is 0. The summed E-state index contributed by atoms with van der Waals surface area (Å²) in [6.45, 7) is 8.51. The lowest BCUT2D eigenvalue weighted by atomic mass is 9.23. The van der Waals surface area contributed by atoms with Crippen molar-refractivity contribution >= 4 is 6.28 Å². The molecule has 0 aliphatic heterocycles. The highest BCUT2D eigenvalue weighted by molar-refractivity contribution is 6.86. The van der Waals surface area contributed by atoms with Crippen LogP contribution in [0.2, 0.25) is 11.6 Å². The van der Waals surface area contributed by atoms with Gasteiger partial charge in [0.25, 0.3) is 0 Å². The molecule has 0 rings (SSSR count). The average molecular weight is 167 g/mol. The molecule has 12 heavy (non-hydrogen) atoms. The summed E-state index contributed by atoms with van der Waals surface area (Å²) in [5.74, 6) is 3.34. The van der Waals surface area contributed by atoms with Crippen LogP contribution in [0.3, 0.4) is 0 Å². The van der Waals surface area contributed by atoms with Crippen LogP contribution in [0.5, 0.6) is 0 Å². The van der Waals surface area contributed by atoms with Crippen molar-refractivity contribution in [1.29, 1.82) is 5.26 Å². The molecule has 0 heterocycles. The summed E-state index contributed by atoms with van der Waals surface area (Å²) >= 11 is 0. The van der Waals surface area contributed by atoms with Crippen molar-refractivity contribution in [2.75, 3.05) is 14.1 Å². The van der Waals surface area contributed by atoms with Gasteiger partial charge in [0, 0.05) is 0 Å². The minimum Gasteiger partial charge on any atom is -0.467 e. The fourth-order valence-corrected chi connectivity index (χ4v) is 2.38. The minimum absolute atomic E-state index is 0.421. The lowest BCUT2D eigenvalue weighted by Crippen LogP contribution is -2.53. The van der Waals surface area contributed by atoms with Crippen LogP contribution in [0.25, 0.3) is 0 Å². The van der Waals surface area contributed by atoms with Crippen LogP contribution in [0.15, 0.2) is 0 Å². The molecular formula is C9H20BN2-. The van der Waals surface area contributed by atoms with Crippen molar-refractivity contribution in [2.24, 2.45) is 0 Å². The summed E-state index contributed by atoms with van der Waals surface area (Å²) in [5, 5.41) is 9.22. The van der Waals surface area contributed by atoms with Gasteiger partial charge in [-0.1, -0.05) is 27.7 Å². The predicted octanol–water partition coefficient (Wildman–Crippen LogP) is 2.38. The Labute approximate surface area is 76.5 Å². The quantitative estimate of drug-likeness (QED) is 0.603. The first-order chi connectivity index (χ1) is 5.39. The van der Waals surface area contributed by atoms with Gasteiger partial charge in [-0.3, -0.25) is 0 Å². The maximum absolute atomic E-state index is 9.22. The Morgan fingerprint density at radius 3 is 1.42 bits per heavy atom. The van der Waals surface area contributed by atoms with E-state index in [9.17, 15) is 5.26 Å². The normalized spacial score (nSPS) is 12.7. The molecule has 0 atom stereocenters. The number of hydrogen-bond acceptors (Lipinski definition) is 2. The Hall–Kier alpha value is -0.485. The third-order valence-electron chi connectivity index (χ3n) is 3.09. The fourth-order valence-electron chi connectivity index (χ4n) is 2.38. The van der Waals surface area contributed by atoms with Gasteiger partial charge in [-0.15, -0.1) is 17.6 Å². The van der Waals surface area contributed by atoms with Crippen LogP contribution in [-0.4, -0.2) is 25.2 Å². The van der Waals surface area contributed by atoms with Gasteiger partial charge < -0.3 is 4.81 Å². The topological polar surface area (TPSA) is 27.0 Å². The summed E-state index contributed by atoms with van der Waals surface area (Å²) in [5.41, 5.74) is 0. The van der Waals surface area contributed by atoms with E-state index in [1.165, 1.54) is 0 Å². The molecule has 0 saturated carbocycles. The van der Waals surface area contributed by atoms with Crippen LogP contribution in [0, 0.1) is 11.2 Å². The number of nitrogens with zero attached hydrogens (tertiary/aromatic N) is 2. The highest BCUT2D eigenvalue weighted by Gasteiger charge is 2.33. The van der Waals surface area contributed by atoms with E-state index in [-0.39, 0.29) is 0 Å². The second-order valence-corrected chi connectivity index (χ2v) is 4.53. The lowest BCUT2D eigenvalue weighted by molar-refractivity contribution is 0.582. The first-order valence-electron chi connectivity index (χ1n) is 4.64. The second kappa shape index (κ2) is 3.95. The molecule has 0 amide bonds. The molecule has 0 fully saturated rings. The van der Waals surface area contributed by atoms with Crippen LogP contribution in [0.4, 0.5) is 0 Å². The van der Waals surface area contributed by atoms with Gasteiger partial charge in [0.1, 0.15) is 0 Å². The summed E-state index contributed by atoms with van der Waals surface area (Å²) < 4.78 is 0.